The van der Waals surface area contributed by atoms with Gasteiger partial charge in [0.2, 0.25) is 0 Å². The van der Waals surface area contributed by atoms with Gasteiger partial charge in [-0.05, 0) is 105 Å². The van der Waals surface area contributed by atoms with Gasteiger partial charge in [-0.15, -0.1) is 0 Å². The van der Waals surface area contributed by atoms with Gasteiger partial charge in [0.05, 0.1) is 6.10 Å². The number of ether oxygens (including phenoxy) is 2. The van der Waals surface area contributed by atoms with E-state index >= 15 is 0 Å². The number of piperazine rings is 1. The molecule has 5 heteroatoms. The maximum Gasteiger partial charge on any atom is 0.0605 e. The zero-order valence-corrected chi connectivity index (χ0v) is 23.5. The molecule has 0 radical (unpaired) electrons. The number of anilines is 2. The molecule has 0 N–H and O–H groups in total. The number of rotatable bonds is 6. The van der Waals surface area contributed by atoms with Gasteiger partial charge in [0.15, 0.2) is 0 Å². The molecule has 1 spiro atoms. The molecule has 6 rings (SSSR count). The fraction of sp³-hybridized carbons (Fsp3) is 0.812. The van der Waals surface area contributed by atoms with Crippen molar-refractivity contribution in [2.45, 2.75) is 89.1 Å². The highest BCUT2D eigenvalue weighted by Crippen LogP contribution is 2.53. The lowest BCUT2D eigenvalue weighted by Crippen LogP contribution is -2.48. The van der Waals surface area contributed by atoms with E-state index in [0.717, 1.165) is 51.0 Å². The highest BCUT2D eigenvalue weighted by molar-refractivity contribution is 5.63. The van der Waals surface area contributed by atoms with Crippen molar-refractivity contribution in [3.05, 3.63) is 23.8 Å². The fourth-order valence-electron chi connectivity index (χ4n) is 8.33. The van der Waals surface area contributed by atoms with Crippen molar-refractivity contribution in [1.29, 1.82) is 0 Å². The van der Waals surface area contributed by atoms with Crippen molar-refractivity contribution in [2.24, 2.45) is 11.3 Å². The van der Waals surface area contributed by atoms with E-state index in [1.807, 2.05) is 7.11 Å². The van der Waals surface area contributed by atoms with Gasteiger partial charge in [-0.25, -0.2) is 0 Å². The van der Waals surface area contributed by atoms with Gasteiger partial charge in [-0.2, -0.15) is 0 Å². The van der Waals surface area contributed by atoms with Crippen molar-refractivity contribution >= 4 is 11.4 Å². The molecule has 37 heavy (non-hydrogen) atoms. The molecule has 0 unspecified atom stereocenters. The van der Waals surface area contributed by atoms with Crippen LogP contribution in [0.4, 0.5) is 11.4 Å². The maximum absolute atomic E-state index is 5.65. The van der Waals surface area contributed by atoms with Crippen LogP contribution in [0.1, 0.15) is 88.5 Å². The van der Waals surface area contributed by atoms with E-state index in [2.05, 4.69) is 32.9 Å². The molecule has 1 aromatic carbocycles. The third-order valence-corrected chi connectivity index (χ3v) is 10.9. The van der Waals surface area contributed by atoms with Gasteiger partial charge in [-0.3, -0.25) is 4.90 Å². The Morgan fingerprint density at radius 3 is 2.19 bits per heavy atom. The topological polar surface area (TPSA) is 28.2 Å². The Morgan fingerprint density at radius 1 is 0.811 bits per heavy atom. The van der Waals surface area contributed by atoms with E-state index in [1.54, 1.807) is 11.3 Å². The number of benzene rings is 1. The summed E-state index contributed by atoms with van der Waals surface area (Å²) in [6, 6.07) is 7.55. The first-order valence-electron chi connectivity index (χ1n) is 15.7. The Balaban J connectivity index is 1.16. The fourth-order valence-corrected chi connectivity index (χ4v) is 8.33. The molecule has 2 aliphatic carbocycles. The number of piperidine rings is 1. The summed E-state index contributed by atoms with van der Waals surface area (Å²) in [5, 5.41) is 0. The van der Waals surface area contributed by atoms with Crippen LogP contribution in [0.25, 0.3) is 0 Å². The Hall–Kier alpha value is -1.30. The second-order valence-corrected chi connectivity index (χ2v) is 13.0. The van der Waals surface area contributed by atoms with Crippen LogP contribution in [0.3, 0.4) is 0 Å². The van der Waals surface area contributed by atoms with E-state index in [4.69, 9.17) is 9.47 Å². The summed E-state index contributed by atoms with van der Waals surface area (Å²) < 4.78 is 11.2. The Labute approximate surface area is 225 Å². The van der Waals surface area contributed by atoms with Gasteiger partial charge in [0.1, 0.15) is 0 Å². The van der Waals surface area contributed by atoms with Crippen LogP contribution in [0, 0.1) is 11.3 Å². The molecule has 3 aliphatic heterocycles. The minimum absolute atomic E-state index is 0.438. The minimum atomic E-state index is 0.438. The number of hydrogen-bond acceptors (Lipinski definition) is 5. The van der Waals surface area contributed by atoms with Crippen molar-refractivity contribution in [3.63, 3.8) is 0 Å². The number of nitrogens with zero attached hydrogens (tertiary/aromatic N) is 3. The zero-order chi connectivity index (χ0) is 25.1. The van der Waals surface area contributed by atoms with E-state index in [-0.39, 0.29) is 0 Å². The van der Waals surface area contributed by atoms with Crippen LogP contribution in [0.5, 0.6) is 0 Å². The van der Waals surface area contributed by atoms with E-state index in [9.17, 15) is 0 Å². The Kier molecular flexibility index (Phi) is 8.30. The molecule has 0 aromatic heterocycles. The highest BCUT2D eigenvalue weighted by Gasteiger charge is 2.38. The molecular formula is C32H51N3O2. The van der Waals surface area contributed by atoms with E-state index < -0.39 is 0 Å². The van der Waals surface area contributed by atoms with Crippen LogP contribution in [0.15, 0.2) is 18.2 Å². The Bertz CT molecular complexity index is 853. The molecular weight excluding hydrogens is 458 g/mol. The van der Waals surface area contributed by atoms with Gasteiger partial charge in [-0.1, -0.05) is 12.8 Å². The van der Waals surface area contributed by atoms with Gasteiger partial charge in [0, 0.05) is 77.5 Å². The standard InChI is InChI=1S/C32H51N3O2/c1-36-29-8-16-34(17-9-29)28-4-5-31(30(24-28)27-6-14-32(15-7-27)12-2-3-13-32)35-20-18-33(19-21-35)25-26-10-22-37-23-11-26/h4-5,24,26-27,29H,2-3,6-23,25H2,1H3. The molecule has 5 fully saturated rings. The molecule has 1 aromatic rings. The van der Waals surface area contributed by atoms with E-state index in [0.29, 0.717) is 11.5 Å². The lowest BCUT2D eigenvalue weighted by Gasteiger charge is -2.42. The quantitative estimate of drug-likeness (QED) is 0.464. The summed E-state index contributed by atoms with van der Waals surface area (Å²) in [6.45, 7) is 10.2. The average Bonchev–Trinajstić information content (AvgIpc) is 3.42. The van der Waals surface area contributed by atoms with Crippen LogP contribution in [0.2, 0.25) is 0 Å². The third-order valence-electron chi connectivity index (χ3n) is 10.9. The van der Waals surface area contributed by atoms with Crippen molar-refractivity contribution in [3.8, 4) is 0 Å². The summed E-state index contributed by atoms with van der Waals surface area (Å²) in [7, 11) is 1.87. The summed E-state index contributed by atoms with van der Waals surface area (Å²) >= 11 is 0. The Morgan fingerprint density at radius 2 is 1.51 bits per heavy atom. The molecule has 5 aliphatic rings. The summed E-state index contributed by atoms with van der Waals surface area (Å²) in [4.78, 5) is 8.08. The zero-order valence-electron chi connectivity index (χ0n) is 23.5. The molecule has 2 saturated carbocycles. The van der Waals surface area contributed by atoms with Gasteiger partial charge in [0.25, 0.3) is 0 Å². The lowest BCUT2D eigenvalue weighted by molar-refractivity contribution is 0.0517. The molecule has 0 amide bonds. The molecule has 0 atom stereocenters. The first-order valence-corrected chi connectivity index (χ1v) is 15.7. The molecule has 0 bridgehead atoms. The third kappa shape index (κ3) is 5.99. The van der Waals surface area contributed by atoms with Crippen LogP contribution in [-0.4, -0.2) is 77.1 Å². The second kappa shape index (κ2) is 11.8. The molecule has 3 saturated heterocycles. The molecule has 206 valence electrons. The smallest absolute Gasteiger partial charge is 0.0605 e. The normalized spacial score (nSPS) is 26.8. The van der Waals surface area contributed by atoms with Crippen LogP contribution >= 0.6 is 0 Å². The minimum Gasteiger partial charge on any atom is -0.381 e. The van der Waals surface area contributed by atoms with Gasteiger partial charge >= 0.3 is 0 Å². The maximum atomic E-state index is 5.65. The highest BCUT2D eigenvalue weighted by atomic mass is 16.5. The van der Waals surface area contributed by atoms with Crippen LogP contribution < -0.4 is 9.80 Å². The number of hydrogen-bond donors (Lipinski definition) is 0. The largest absolute Gasteiger partial charge is 0.381 e. The van der Waals surface area contributed by atoms with Gasteiger partial charge < -0.3 is 19.3 Å². The lowest BCUT2D eigenvalue weighted by atomic mass is 9.68. The summed E-state index contributed by atoms with van der Waals surface area (Å²) in [5.74, 6) is 1.57. The molecule has 3 heterocycles. The van der Waals surface area contributed by atoms with Crippen molar-refractivity contribution < 1.29 is 9.47 Å². The first kappa shape index (κ1) is 26.0. The first-order chi connectivity index (χ1) is 18.2. The summed E-state index contributed by atoms with van der Waals surface area (Å²) in [6.07, 6.45) is 16.9. The monoisotopic (exact) mass is 509 g/mol. The van der Waals surface area contributed by atoms with E-state index in [1.165, 1.54) is 103 Å². The SMILES string of the molecule is COC1CCN(c2ccc(N3CCN(CC4CCOCC4)CC3)c(C3CCC4(CCCC4)CC3)c2)CC1. The van der Waals surface area contributed by atoms with Crippen molar-refractivity contribution in [1.82, 2.24) is 4.90 Å². The molecule has 5 nitrogen and oxygen atoms in total. The predicted molar refractivity (Wildman–Crippen MR) is 153 cm³/mol. The average molecular weight is 510 g/mol. The van der Waals surface area contributed by atoms with Crippen LogP contribution in [-0.2, 0) is 9.47 Å². The predicted octanol–water partition coefficient (Wildman–Crippen LogP) is 6.07. The van der Waals surface area contributed by atoms with Crippen molar-refractivity contribution in [2.75, 3.05) is 75.9 Å². The number of methoxy groups -OCH3 is 1. The second-order valence-electron chi connectivity index (χ2n) is 13.0. The summed E-state index contributed by atoms with van der Waals surface area (Å²) in [5.41, 5.74) is 5.37.